The van der Waals surface area contributed by atoms with E-state index in [9.17, 15) is 14.3 Å². The molecule has 2 heterocycles. The van der Waals surface area contributed by atoms with Crippen LogP contribution in [0.1, 0.15) is 66.2 Å². The van der Waals surface area contributed by atoms with Crippen molar-refractivity contribution < 1.29 is 14.3 Å². The van der Waals surface area contributed by atoms with Gasteiger partial charge in [-0.25, -0.2) is 14.2 Å². The normalized spacial score (nSPS) is 20.2. The van der Waals surface area contributed by atoms with Crippen LogP contribution in [0.25, 0.3) is 21.9 Å². The summed E-state index contributed by atoms with van der Waals surface area (Å²) in [7, 11) is 0. The second-order valence-electron chi connectivity index (χ2n) is 8.62. The van der Waals surface area contributed by atoms with E-state index in [1.807, 2.05) is 12.3 Å². The largest absolute Gasteiger partial charge is 0.478 e. The summed E-state index contributed by atoms with van der Waals surface area (Å²) in [6, 6.07) is 11.8. The number of hydrogen-bond acceptors (Lipinski definition) is 3. The number of aromatic nitrogens is 3. The number of halogens is 1. The van der Waals surface area contributed by atoms with Crippen LogP contribution in [0.2, 0.25) is 0 Å². The molecule has 1 aliphatic rings. The Labute approximate surface area is 179 Å². The van der Waals surface area contributed by atoms with Crippen LogP contribution in [0.3, 0.4) is 0 Å². The van der Waals surface area contributed by atoms with E-state index >= 15 is 0 Å². The number of carboxylic acids is 1. The highest BCUT2D eigenvalue weighted by atomic mass is 19.1. The van der Waals surface area contributed by atoms with Crippen LogP contribution in [0.4, 0.5) is 4.39 Å². The van der Waals surface area contributed by atoms with E-state index in [-0.39, 0.29) is 17.3 Å². The number of pyridine rings is 1. The Bertz CT molecular complexity index is 1270. The number of aromatic amines is 1. The lowest BCUT2D eigenvalue weighted by molar-refractivity contribution is 0.0697. The summed E-state index contributed by atoms with van der Waals surface area (Å²) in [5, 5.41) is 10.1. The van der Waals surface area contributed by atoms with Crippen LogP contribution >= 0.6 is 0 Å². The maximum atomic E-state index is 13.8. The number of benzene rings is 2. The van der Waals surface area contributed by atoms with Crippen molar-refractivity contribution in [2.45, 2.75) is 44.4 Å². The average molecular weight is 417 g/mol. The molecule has 0 saturated heterocycles. The lowest BCUT2D eigenvalue weighted by Gasteiger charge is -2.32. The number of aromatic carboxylic acids is 1. The molecular weight excluding hydrogens is 393 g/mol. The number of carboxylic acid groups (broad SMARTS) is 1. The fourth-order valence-electron chi connectivity index (χ4n) is 5.03. The van der Waals surface area contributed by atoms with E-state index in [2.05, 4.69) is 16.9 Å². The summed E-state index contributed by atoms with van der Waals surface area (Å²) in [6.45, 7) is 2.19. The molecule has 2 aromatic carbocycles. The van der Waals surface area contributed by atoms with Gasteiger partial charge >= 0.3 is 5.97 Å². The molecule has 0 amide bonds. The molecule has 0 unspecified atom stereocenters. The van der Waals surface area contributed by atoms with E-state index in [1.165, 1.54) is 11.6 Å². The molecular formula is C25H24FN3O2. The van der Waals surface area contributed by atoms with Gasteiger partial charge < -0.3 is 10.1 Å². The van der Waals surface area contributed by atoms with Gasteiger partial charge in [0.2, 0.25) is 0 Å². The molecule has 5 rings (SSSR count). The third kappa shape index (κ3) is 3.67. The fourth-order valence-corrected chi connectivity index (χ4v) is 5.03. The van der Waals surface area contributed by atoms with Gasteiger partial charge in [-0.05, 0) is 85.5 Å². The quantitative estimate of drug-likeness (QED) is 0.425. The van der Waals surface area contributed by atoms with Crippen LogP contribution in [-0.4, -0.2) is 26.0 Å². The van der Waals surface area contributed by atoms with Crippen molar-refractivity contribution in [2.75, 3.05) is 0 Å². The van der Waals surface area contributed by atoms with Gasteiger partial charge in [0, 0.05) is 17.5 Å². The number of hydrogen-bond donors (Lipinski definition) is 2. The monoisotopic (exact) mass is 417 g/mol. The molecule has 2 N–H and O–H groups in total. The van der Waals surface area contributed by atoms with Gasteiger partial charge in [-0.3, -0.25) is 4.98 Å². The van der Waals surface area contributed by atoms with Gasteiger partial charge in [-0.2, -0.15) is 0 Å². The van der Waals surface area contributed by atoms with Crippen molar-refractivity contribution in [1.82, 2.24) is 15.0 Å². The van der Waals surface area contributed by atoms with Crippen LogP contribution in [0.5, 0.6) is 0 Å². The van der Waals surface area contributed by atoms with Gasteiger partial charge in [0.25, 0.3) is 0 Å². The van der Waals surface area contributed by atoms with Crippen molar-refractivity contribution in [3.8, 4) is 0 Å². The first-order valence-corrected chi connectivity index (χ1v) is 10.8. The fraction of sp³-hybridized carbons (Fsp3) is 0.320. The Hall–Kier alpha value is -3.28. The van der Waals surface area contributed by atoms with Crippen LogP contribution in [-0.2, 0) is 0 Å². The summed E-state index contributed by atoms with van der Waals surface area (Å²) in [5.74, 6) is 0.920. The molecule has 5 nitrogen and oxygen atoms in total. The first-order valence-electron chi connectivity index (χ1n) is 10.8. The number of H-pyrrole nitrogens is 1. The molecule has 2 aromatic heterocycles. The zero-order valence-corrected chi connectivity index (χ0v) is 17.3. The minimum atomic E-state index is -0.937. The highest BCUT2D eigenvalue weighted by Crippen LogP contribution is 2.43. The third-order valence-corrected chi connectivity index (χ3v) is 6.83. The van der Waals surface area contributed by atoms with Crippen LogP contribution in [0, 0.1) is 11.7 Å². The number of rotatable bonds is 4. The predicted molar refractivity (Wildman–Crippen MR) is 118 cm³/mol. The summed E-state index contributed by atoms with van der Waals surface area (Å²) < 4.78 is 13.8. The Morgan fingerprint density at radius 3 is 2.65 bits per heavy atom. The Morgan fingerprint density at radius 2 is 1.87 bits per heavy atom. The zero-order valence-electron chi connectivity index (χ0n) is 17.3. The van der Waals surface area contributed by atoms with Crippen molar-refractivity contribution in [3.63, 3.8) is 0 Å². The topological polar surface area (TPSA) is 78.9 Å². The van der Waals surface area contributed by atoms with Crippen LogP contribution < -0.4 is 0 Å². The number of fused-ring (bicyclic) bond motifs is 2. The first kappa shape index (κ1) is 19.7. The molecule has 1 aliphatic carbocycles. The average Bonchev–Trinajstić information content (AvgIpc) is 3.21. The molecule has 31 heavy (non-hydrogen) atoms. The molecule has 4 aromatic rings. The maximum absolute atomic E-state index is 13.8. The summed E-state index contributed by atoms with van der Waals surface area (Å²) in [4.78, 5) is 23.7. The van der Waals surface area contributed by atoms with Crippen LogP contribution in [0.15, 0.2) is 48.7 Å². The molecule has 1 fully saturated rings. The minimum absolute atomic E-state index is 0.222. The van der Waals surface area contributed by atoms with Crippen molar-refractivity contribution in [3.05, 3.63) is 71.4 Å². The predicted octanol–water partition coefficient (Wildman–Crippen LogP) is 6.03. The second-order valence-corrected chi connectivity index (χ2v) is 8.62. The zero-order chi connectivity index (χ0) is 21.5. The molecule has 158 valence electrons. The Kier molecular flexibility index (Phi) is 4.93. The molecule has 0 radical (unpaired) electrons. The maximum Gasteiger partial charge on any atom is 0.335 e. The second kappa shape index (κ2) is 7.76. The summed E-state index contributed by atoms with van der Waals surface area (Å²) >= 11 is 0. The Morgan fingerprint density at radius 1 is 1.10 bits per heavy atom. The number of nitrogens with one attached hydrogen (secondary N) is 1. The molecule has 6 heteroatoms. The van der Waals surface area contributed by atoms with Gasteiger partial charge in [0.1, 0.15) is 11.6 Å². The molecule has 1 atom stereocenters. The lowest BCUT2D eigenvalue weighted by Crippen LogP contribution is -2.19. The van der Waals surface area contributed by atoms with Crippen molar-refractivity contribution in [2.24, 2.45) is 5.92 Å². The minimum Gasteiger partial charge on any atom is -0.478 e. The highest BCUT2D eigenvalue weighted by molar-refractivity contribution is 5.92. The summed E-state index contributed by atoms with van der Waals surface area (Å²) in [6.07, 6.45) is 6.07. The smallest absolute Gasteiger partial charge is 0.335 e. The SMILES string of the molecule is C[C@@H](c1nc2ccc(C(=O)O)cc2[nH]1)[C@H]1CC[C@@H](c2ccnc3ccc(F)cc32)CC1. The summed E-state index contributed by atoms with van der Waals surface area (Å²) in [5.41, 5.74) is 3.86. The van der Waals surface area contributed by atoms with Gasteiger partial charge in [-0.15, -0.1) is 0 Å². The van der Waals surface area contributed by atoms with E-state index in [0.29, 0.717) is 11.8 Å². The first-order chi connectivity index (χ1) is 15.0. The van der Waals surface area contributed by atoms with Gasteiger partial charge in [-0.1, -0.05) is 6.92 Å². The number of imidazole rings is 1. The van der Waals surface area contributed by atoms with Crippen molar-refractivity contribution in [1.29, 1.82) is 0 Å². The number of carbonyl (C=O) groups is 1. The lowest BCUT2D eigenvalue weighted by atomic mass is 9.73. The molecule has 0 aliphatic heterocycles. The van der Waals surface area contributed by atoms with E-state index < -0.39 is 5.97 Å². The van der Waals surface area contributed by atoms with Gasteiger partial charge in [0.15, 0.2) is 0 Å². The Balaban J connectivity index is 1.33. The highest BCUT2D eigenvalue weighted by Gasteiger charge is 2.29. The van der Waals surface area contributed by atoms with E-state index in [1.54, 1.807) is 30.3 Å². The third-order valence-electron chi connectivity index (χ3n) is 6.83. The molecule has 0 spiro atoms. The number of nitrogens with zero attached hydrogens (tertiary/aromatic N) is 2. The van der Waals surface area contributed by atoms with E-state index in [0.717, 1.165) is 53.4 Å². The molecule has 0 bridgehead atoms. The van der Waals surface area contributed by atoms with Gasteiger partial charge in [0.05, 0.1) is 22.1 Å². The molecule has 1 saturated carbocycles. The standard InChI is InChI=1S/C25H24FN3O2/c1-14(24-28-22-8-6-17(25(30)31)12-23(22)29-24)15-2-4-16(5-3-15)19-10-11-27-21-9-7-18(26)13-20(19)21/h6-16H,2-5H2,1H3,(H,28,29)(H,30,31)/t14-,15-,16+/m1/s1. The van der Waals surface area contributed by atoms with E-state index in [4.69, 9.17) is 4.98 Å². The van der Waals surface area contributed by atoms with Crippen molar-refractivity contribution >= 4 is 27.9 Å².